The van der Waals surface area contributed by atoms with E-state index in [-0.39, 0.29) is 51.0 Å². The summed E-state index contributed by atoms with van der Waals surface area (Å²) in [7, 11) is 0. The van der Waals surface area contributed by atoms with E-state index >= 15 is 0 Å². The standard InChI is InChI=1S/C30H22.2ClH.Zr/c1-3-7-21-17-29-25(13-19(21)5-1)15-23-9-12-28-24(10-11-27(23)29)16-26-14-20-6-2-4-8-22(20)18-30(26)28;;;/h1-8,13-18H,9-12H2;2*1H;/q-2;;;+4/p-2. The molecule has 0 saturated carbocycles. The molecule has 0 radical (unpaired) electrons. The third-order valence-electron chi connectivity index (χ3n) is 7.21. The summed E-state index contributed by atoms with van der Waals surface area (Å²) in [5, 5.41) is 11.2. The third-order valence-corrected chi connectivity index (χ3v) is 7.21. The monoisotopic (exact) mass is 542 g/mol. The Hall–Kier alpha value is -1.92. The van der Waals surface area contributed by atoms with Gasteiger partial charge in [-0.2, -0.15) is 12.1 Å². The molecule has 33 heavy (non-hydrogen) atoms. The Bertz CT molecular complexity index is 1480. The minimum absolute atomic E-state index is 0. The molecule has 0 amide bonds. The predicted molar refractivity (Wildman–Crippen MR) is 129 cm³/mol. The smallest absolute Gasteiger partial charge is 1.00 e. The van der Waals surface area contributed by atoms with Crippen LogP contribution in [-0.2, 0) is 51.9 Å². The number of hydrogen-bond acceptors (Lipinski definition) is 0. The second-order valence-electron chi connectivity index (χ2n) is 8.87. The van der Waals surface area contributed by atoms with E-state index in [2.05, 4.69) is 84.9 Å². The number of fused-ring (bicyclic) bond motifs is 8. The normalized spacial score (nSPS) is 12.8. The molecule has 0 spiro atoms. The van der Waals surface area contributed by atoms with Gasteiger partial charge in [-0.1, -0.05) is 84.3 Å². The van der Waals surface area contributed by atoms with Crippen LogP contribution in [0.15, 0.2) is 84.9 Å². The first-order valence-electron chi connectivity index (χ1n) is 11.0. The van der Waals surface area contributed by atoms with Crippen LogP contribution in [0.5, 0.6) is 0 Å². The van der Waals surface area contributed by atoms with Gasteiger partial charge in [-0.15, -0.1) is 55.9 Å². The summed E-state index contributed by atoms with van der Waals surface area (Å²) < 4.78 is 0. The fourth-order valence-electron chi connectivity index (χ4n) is 5.73. The van der Waals surface area contributed by atoms with Crippen LogP contribution in [0.3, 0.4) is 0 Å². The van der Waals surface area contributed by atoms with Crippen LogP contribution < -0.4 is 24.8 Å². The van der Waals surface area contributed by atoms with Crippen molar-refractivity contribution in [3.8, 4) is 0 Å². The summed E-state index contributed by atoms with van der Waals surface area (Å²) >= 11 is 0. The van der Waals surface area contributed by atoms with E-state index in [1.54, 1.807) is 22.3 Å². The maximum atomic E-state index is 2.46. The molecule has 0 nitrogen and oxygen atoms in total. The zero-order valence-corrected chi connectivity index (χ0v) is 22.1. The Morgan fingerprint density at radius 2 is 0.818 bits per heavy atom. The van der Waals surface area contributed by atoms with Gasteiger partial charge in [0.05, 0.1) is 0 Å². The first kappa shape index (κ1) is 24.2. The maximum absolute atomic E-state index is 2.46. The molecule has 6 aromatic rings. The number of hydrogen-bond donors (Lipinski definition) is 0. The third kappa shape index (κ3) is 3.89. The van der Waals surface area contributed by atoms with Gasteiger partial charge in [-0.05, 0) is 23.6 Å². The molecule has 0 fully saturated rings. The Morgan fingerprint density at radius 3 is 1.21 bits per heavy atom. The van der Waals surface area contributed by atoms with E-state index in [0.717, 1.165) is 25.7 Å². The van der Waals surface area contributed by atoms with Crippen LogP contribution in [0.1, 0.15) is 22.3 Å². The largest absolute Gasteiger partial charge is 4.00 e. The molecular weight excluding hydrogens is 522 g/mol. The fourth-order valence-corrected chi connectivity index (χ4v) is 5.73. The van der Waals surface area contributed by atoms with Gasteiger partial charge in [-0.25, -0.2) is 0 Å². The Balaban J connectivity index is 0.000000864. The molecule has 6 aromatic carbocycles. The summed E-state index contributed by atoms with van der Waals surface area (Å²) in [5.74, 6) is 0. The van der Waals surface area contributed by atoms with Crippen LogP contribution >= 0.6 is 0 Å². The SMILES string of the molecule is [Cl-].[Cl-].[Zr+4].c1ccc2cc3c(cc4[c-]3CCc3cc5cc6ccccc6cc5[c-]3CC4)cc2c1. The minimum Gasteiger partial charge on any atom is -1.00 e. The van der Waals surface area contributed by atoms with Crippen molar-refractivity contribution in [3.05, 3.63) is 107 Å². The van der Waals surface area contributed by atoms with Crippen molar-refractivity contribution in [2.45, 2.75) is 25.7 Å². The van der Waals surface area contributed by atoms with Crippen molar-refractivity contribution in [1.29, 1.82) is 0 Å². The van der Waals surface area contributed by atoms with Crippen LogP contribution in [0.2, 0.25) is 0 Å². The molecule has 0 atom stereocenters. The summed E-state index contributed by atoms with van der Waals surface area (Å²) in [4.78, 5) is 0. The van der Waals surface area contributed by atoms with Crippen LogP contribution in [0.25, 0.3) is 43.1 Å². The Kier molecular flexibility index (Phi) is 6.88. The molecule has 0 bridgehead atoms. The van der Waals surface area contributed by atoms with Crippen LogP contribution in [-0.4, -0.2) is 0 Å². The van der Waals surface area contributed by atoms with Crippen molar-refractivity contribution in [2.75, 3.05) is 0 Å². The second kappa shape index (κ2) is 9.38. The first-order valence-corrected chi connectivity index (χ1v) is 11.0. The first-order chi connectivity index (χ1) is 14.8. The van der Waals surface area contributed by atoms with Gasteiger partial charge in [0.25, 0.3) is 0 Å². The van der Waals surface area contributed by atoms with Crippen molar-refractivity contribution in [3.63, 3.8) is 0 Å². The summed E-state index contributed by atoms with van der Waals surface area (Å²) in [6, 6.07) is 32.0. The molecule has 7 rings (SSSR count). The molecular formula is C30H22Cl2Zr. The van der Waals surface area contributed by atoms with E-state index in [0.29, 0.717) is 0 Å². The van der Waals surface area contributed by atoms with E-state index in [9.17, 15) is 0 Å². The topological polar surface area (TPSA) is 0 Å². The molecule has 160 valence electrons. The van der Waals surface area contributed by atoms with Crippen molar-refractivity contribution < 1.29 is 51.0 Å². The molecule has 1 aliphatic rings. The maximum Gasteiger partial charge on any atom is 4.00 e. The van der Waals surface area contributed by atoms with Gasteiger partial charge in [0, 0.05) is 0 Å². The number of rotatable bonds is 0. The van der Waals surface area contributed by atoms with Crippen molar-refractivity contribution in [2.24, 2.45) is 0 Å². The van der Waals surface area contributed by atoms with Crippen LogP contribution in [0.4, 0.5) is 0 Å². The molecule has 0 N–H and O–H groups in total. The molecule has 1 aliphatic carbocycles. The quantitative estimate of drug-likeness (QED) is 0.255. The zero-order valence-electron chi connectivity index (χ0n) is 18.2. The Labute approximate surface area is 225 Å². The van der Waals surface area contributed by atoms with E-state index in [1.807, 2.05) is 0 Å². The molecule has 0 unspecified atom stereocenters. The Morgan fingerprint density at radius 1 is 0.455 bits per heavy atom. The van der Waals surface area contributed by atoms with Gasteiger partial charge in [0.1, 0.15) is 0 Å². The molecule has 0 saturated heterocycles. The minimum atomic E-state index is 0. The van der Waals surface area contributed by atoms with Gasteiger partial charge in [0.2, 0.25) is 0 Å². The van der Waals surface area contributed by atoms with Gasteiger partial charge in [0.15, 0.2) is 0 Å². The van der Waals surface area contributed by atoms with E-state index in [1.165, 1.54) is 43.1 Å². The molecule has 0 aliphatic heterocycles. The predicted octanol–water partition coefficient (Wildman–Crippen LogP) is 1.63. The van der Waals surface area contributed by atoms with E-state index in [4.69, 9.17) is 0 Å². The van der Waals surface area contributed by atoms with Crippen molar-refractivity contribution >= 4 is 43.1 Å². The molecule has 0 heterocycles. The zero-order chi connectivity index (χ0) is 19.7. The van der Waals surface area contributed by atoms with Gasteiger partial charge in [-0.3, -0.25) is 0 Å². The summed E-state index contributed by atoms with van der Waals surface area (Å²) in [5.41, 5.74) is 6.27. The van der Waals surface area contributed by atoms with Gasteiger partial charge < -0.3 is 24.8 Å². The van der Waals surface area contributed by atoms with Crippen molar-refractivity contribution in [1.82, 2.24) is 0 Å². The van der Waals surface area contributed by atoms with Crippen LogP contribution in [0, 0.1) is 0 Å². The summed E-state index contributed by atoms with van der Waals surface area (Å²) in [6.07, 6.45) is 4.55. The average molecular weight is 545 g/mol. The fraction of sp³-hybridized carbons (Fsp3) is 0.133. The number of benzene rings is 4. The average Bonchev–Trinajstić information content (AvgIpc) is 3.27. The van der Waals surface area contributed by atoms with Gasteiger partial charge >= 0.3 is 26.2 Å². The number of aryl methyl sites for hydroxylation is 4. The second-order valence-corrected chi connectivity index (χ2v) is 8.87. The number of halogens is 2. The van der Waals surface area contributed by atoms with E-state index < -0.39 is 0 Å². The molecule has 0 aromatic heterocycles. The summed E-state index contributed by atoms with van der Waals surface area (Å²) in [6.45, 7) is 0. The molecule has 3 heteroatoms.